The summed E-state index contributed by atoms with van der Waals surface area (Å²) < 4.78 is 0. The Kier molecular flexibility index (Phi) is 4.79. The largest absolute Gasteiger partial charge is 0.328 e. The summed E-state index contributed by atoms with van der Waals surface area (Å²) in [6.45, 7) is 7.84. The molecule has 100 valence electrons. The van der Waals surface area contributed by atoms with Crippen LogP contribution in [0.15, 0.2) is 24.3 Å². The van der Waals surface area contributed by atoms with Crippen LogP contribution in [0.3, 0.4) is 0 Å². The fraction of sp³-hybridized carbons (Fsp3) is 0.625. The molecule has 2 unspecified atom stereocenters. The van der Waals surface area contributed by atoms with Crippen molar-refractivity contribution in [1.29, 1.82) is 0 Å². The maximum absolute atomic E-state index is 5.92. The molecule has 0 aliphatic carbocycles. The molecule has 2 heteroatoms. The first kappa shape index (κ1) is 13.6. The maximum atomic E-state index is 5.92. The molecule has 0 spiro atoms. The third-order valence-electron chi connectivity index (χ3n) is 3.80. The Labute approximate surface area is 111 Å². The summed E-state index contributed by atoms with van der Waals surface area (Å²) in [6, 6.07) is 9.21. The molecule has 18 heavy (non-hydrogen) atoms. The summed E-state index contributed by atoms with van der Waals surface area (Å²) in [5.41, 5.74) is 8.72. The highest BCUT2D eigenvalue weighted by Crippen LogP contribution is 2.22. The van der Waals surface area contributed by atoms with Crippen LogP contribution in [0.1, 0.15) is 37.3 Å². The number of nitrogens with two attached hydrogens (primary N) is 1. The van der Waals surface area contributed by atoms with Crippen molar-refractivity contribution < 1.29 is 0 Å². The molecule has 1 aliphatic heterocycles. The predicted octanol–water partition coefficient (Wildman–Crippen LogP) is 2.94. The van der Waals surface area contributed by atoms with Gasteiger partial charge in [-0.05, 0) is 51.1 Å². The average Bonchev–Trinajstić information content (AvgIpc) is 2.28. The van der Waals surface area contributed by atoms with Gasteiger partial charge in [-0.25, -0.2) is 0 Å². The van der Waals surface area contributed by atoms with Crippen LogP contribution in [0, 0.1) is 12.8 Å². The van der Waals surface area contributed by atoms with Crippen LogP contribution in [-0.2, 0) is 6.54 Å². The number of aryl methyl sites for hydroxylation is 1. The van der Waals surface area contributed by atoms with Crippen molar-refractivity contribution in [3.05, 3.63) is 35.4 Å². The fourth-order valence-corrected chi connectivity index (χ4v) is 3.08. The summed E-state index contributed by atoms with van der Waals surface area (Å²) in [5, 5.41) is 0. The molecule has 0 amide bonds. The minimum atomic E-state index is 0.342. The van der Waals surface area contributed by atoms with E-state index in [1.165, 1.54) is 43.5 Å². The molecule has 2 nitrogen and oxygen atoms in total. The van der Waals surface area contributed by atoms with E-state index in [0.29, 0.717) is 6.04 Å². The lowest BCUT2D eigenvalue weighted by atomic mass is 9.92. The third kappa shape index (κ3) is 4.11. The molecule has 1 fully saturated rings. The SMILES string of the molecule is Cc1cccc(CN2CCCC(CC(C)N)C2)c1. The molecular weight excluding hydrogens is 220 g/mol. The number of benzene rings is 1. The van der Waals surface area contributed by atoms with Gasteiger partial charge in [-0.1, -0.05) is 29.8 Å². The van der Waals surface area contributed by atoms with Gasteiger partial charge >= 0.3 is 0 Å². The van der Waals surface area contributed by atoms with Crippen molar-refractivity contribution in [3.8, 4) is 0 Å². The first-order valence-corrected chi connectivity index (χ1v) is 7.17. The van der Waals surface area contributed by atoms with Crippen LogP contribution in [-0.4, -0.2) is 24.0 Å². The van der Waals surface area contributed by atoms with E-state index in [2.05, 4.69) is 43.0 Å². The summed E-state index contributed by atoms with van der Waals surface area (Å²) in [6.07, 6.45) is 3.85. The van der Waals surface area contributed by atoms with Crippen molar-refractivity contribution in [2.45, 2.75) is 45.7 Å². The minimum absolute atomic E-state index is 0.342. The summed E-state index contributed by atoms with van der Waals surface area (Å²) >= 11 is 0. The van der Waals surface area contributed by atoms with Crippen LogP contribution in [0.5, 0.6) is 0 Å². The van der Waals surface area contributed by atoms with Gasteiger partial charge in [-0.2, -0.15) is 0 Å². The van der Waals surface area contributed by atoms with E-state index in [9.17, 15) is 0 Å². The molecule has 0 saturated carbocycles. The quantitative estimate of drug-likeness (QED) is 0.885. The van der Waals surface area contributed by atoms with Crippen molar-refractivity contribution in [1.82, 2.24) is 4.90 Å². The van der Waals surface area contributed by atoms with E-state index in [0.717, 1.165) is 12.5 Å². The van der Waals surface area contributed by atoms with Crippen LogP contribution in [0.2, 0.25) is 0 Å². The highest BCUT2D eigenvalue weighted by atomic mass is 15.1. The van der Waals surface area contributed by atoms with E-state index < -0.39 is 0 Å². The summed E-state index contributed by atoms with van der Waals surface area (Å²) in [7, 11) is 0. The Balaban J connectivity index is 1.89. The second-order valence-corrected chi connectivity index (χ2v) is 5.95. The number of rotatable bonds is 4. The van der Waals surface area contributed by atoms with Crippen molar-refractivity contribution >= 4 is 0 Å². The molecule has 2 N–H and O–H groups in total. The lowest BCUT2D eigenvalue weighted by Crippen LogP contribution is -2.37. The zero-order valence-electron chi connectivity index (χ0n) is 11.7. The Morgan fingerprint density at radius 2 is 2.28 bits per heavy atom. The molecule has 2 atom stereocenters. The molecule has 0 aromatic heterocycles. The zero-order valence-corrected chi connectivity index (χ0v) is 11.7. The Bertz CT molecular complexity index is 373. The Hall–Kier alpha value is -0.860. The van der Waals surface area contributed by atoms with Gasteiger partial charge in [0.15, 0.2) is 0 Å². The molecule has 1 aliphatic rings. The topological polar surface area (TPSA) is 29.3 Å². The van der Waals surface area contributed by atoms with Gasteiger partial charge in [-0.15, -0.1) is 0 Å². The first-order chi connectivity index (χ1) is 8.63. The molecule has 0 bridgehead atoms. The van der Waals surface area contributed by atoms with Gasteiger partial charge in [0.05, 0.1) is 0 Å². The van der Waals surface area contributed by atoms with Gasteiger partial charge in [0.1, 0.15) is 0 Å². The van der Waals surface area contributed by atoms with Crippen molar-refractivity contribution in [2.75, 3.05) is 13.1 Å². The average molecular weight is 246 g/mol. The maximum Gasteiger partial charge on any atom is 0.0233 e. The van der Waals surface area contributed by atoms with Crippen LogP contribution >= 0.6 is 0 Å². The molecule has 1 aromatic rings. The fourth-order valence-electron chi connectivity index (χ4n) is 3.08. The highest BCUT2D eigenvalue weighted by molar-refractivity contribution is 5.22. The second kappa shape index (κ2) is 6.35. The lowest BCUT2D eigenvalue weighted by molar-refractivity contribution is 0.158. The molecule has 0 radical (unpaired) electrons. The third-order valence-corrected chi connectivity index (χ3v) is 3.80. The van der Waals surface area contributed by atoms with Crippen molar-refractivity contribution in [2.24, 2.45) is 11.7 Å². The van der Waals surface area contributed by atoms with Crippen LogP contribution in [0.4, 0.5) is 0 Å². The van der Waals surface area contributed by atoms with E-state index >= 15 is 0 Å². The van der Waals surface area contributed by atoms with Gasteiger partial charge in [0.25, 0.3) is 0 Å². The number of hydrogen-bond donors (Lipinski definition) is 1. The number of likely N-dealkylation sites (tertiary alicyclic amines) is 1. The van der Waals surface area contributed by atoms with Gasteiger partial charge in [0.2, 0.25) is 0 Å². The highest BCUT2D eigenvalue weighted by Gasteiger charge is 2.20. The molecular formula is C16H26N2. The minimum Gasteiger partial charge on any atom is -0.328 e. The van der Waals surface area contributed by atoms with Crippen molar-refractivity contribution in [3.63, 3.8) is 0 Å². The van der Waals surface area contributed by atoms with E-state index in [-0.39, 0.29) is 0 Å². The van der Waals surface area contributed by atoms with Gasteiger partial charge in [0, 0.05) is 19.1 Å². The Morgan fingerprint density at radius 3 is 3.00 bits per heavy atom. The molecule has 1 aromatic carbocycles. The monoisotopic (exact) mass is 246 g/mol. The van der Waals surface area contributed by atoms with E-state index in [4.69, 9.17) is 5.73 Å². The smallest absolute Gasteiger partial charge is 0.0233 e. The van der Waals surface area contributed by atoms with Gasteiger partial charge < -0.3 is 5.73 Å². The van der Waals surface area contributed by atoms with E-state index in [1.807, 2.05) is 0 Å². The lowest BCUT2D eigenvalue weighted by Gasteiger charge is -2.33. The number of hydrogen-bond acceptors (Lipinski definition) is 2. The second-order valence-electron chi connectivity index (χ2n) is 5.95. The first-order valence-electron chi connectivity index (χ1n) is 7.17. The molecule has 1 saturated heterocycles. The zero-order chi connectivity index (χ0) is 13.0. The normalized spacial score (nSPS) is 22.9. The van der Waals surface area contributed by atoms with E-state index in [1.54, 1.807) is 0 Å². The van der Waals surface area contributed by atoms with Crippen LogP contribution < -0.4 is 5.73 Å². The number of piperidine rings is 1. The predicted molar refractivity (Wildman–Crippen MR) is 77.4 cm³/mol. The molecule has 2 rings (SSSR count). The standard InChI is InChI=1S/C16H26N2/c1-13-5-3-6-15(9-13)11-18-8-4-7-16(12-18)10-14(2)17/h3,5-6,9,14,16H,4,7-8,10-12,17H2,1-2H3. The summed E-state index contributed by atoms with van der Waals surface area (Å²) in [4.78, 5) is 2.59. The van der Waals surface area contributed by atoms with Gasteiger partial charge in [-0.3, -0.25) is 4.90 Å². The number of nitrogens with zero attached hydrogens (tertiary/aromatic N) is 1. The van der Waals surface area contributed by atoms with Crippen LogP contribution in [0.25, 0.3) is 0 Å². The molecule has 1 heterocycles. The summed E-state index contributed by atoms with van der Waals surface area (Å²) in [5.74, 6) is 0.795. The Morgan fingerprint density at radius 1 is 1.44 bits per heavy atom.